The van der Waals surface area contributed by atoms with E-state index in [9.17, 15) is 9.59 Å². The Morgan fingerprint density at radius 3 is 2.86 bits per heavy atom. The number of H-pyrrole nitrogens is 1. The van der Waals surface area contributed by atoms with Crippen LogP contribution in [0.15, 0.2) is 15.5 Å². The number of ether oxygens (including phenoxy) is 1. The van der Waals surface area contributed by atoms with E-state index in [1.807, 2.05) is 0 Å². The van der Waals surface area contributed by atoms with Gasteiger partial charge in [0.2, 0.25) is 5.43 Å². The van der Waals surface area contributed by atoms with Crippen LogP contribution in [0.5, 0.6) is 0 Å². The van der Waals surface area contributed by atoms with Gasteiger partial charge in [-0.2, -0.15) is 0 Å². The molecule has 0 fully saturated rings. The number of esters is 1. The maximum atomic E-state index is 11.5. The molecule has 0 bridgehead atoms. The molecule has 0 saturated heterocycles. The average Bonchev–Trinajstić information content (AvgIpc) is 2.13. The summed E-state index contributed by atoms with van der Waals surface area (Å²) in [5, 5.41) is 0. The minimum Gasteiger partial charge on any atom is -0.462 e. The fourth-order valence-electron chi connectivity index (χ4n) is 1.05. The first kappa shape index (κ1) is 11.0. The van der Waals surface area contributed by atoms with Crippen LogP contribution in [0.3, 0.4) is 0 Å². The summed E-state index contributed by atoms with van der Waals surface area (Å²) >= 11 is 3.05. The van der Waals surface area contributed by atoms with Crippen LogP contribution in [0.2, 0.25) is 0 Å². The third-order valence-electron chi connectivity index (χ3n) is 1.71. The van der Waals surface area contributed by atoms with E-state index < -0.39 is 5.97 Å². The number of carbonyl (C=O) groups is 1. The summed E-state index contributed by atoms with van der Waals surface area (Å²) in [5.41, 5.74) is 0.220. The second kappa shape index (κ2) is 4.41. The molecule has 0 aliphatic carbocycles. The monoisotopic (exact) mass is 259 g/mol. The van der Waals surface area contributed by atoms with Crippen LogP contribution in [-0.4, -0.2) is 17.6 Å². The third kappa shape index (κ3) is 2.04. The van der Waals surface area contributed by atoms with Crippen molar-refractivity contribution in [1.82, 2.24) is 4.98 Å². The average molecular weight is 260 g/mol. The van der Waals surface area contributed by atoms with E-state index in [0.29, 0.717) is 10.2 Å². The fourth-order valence-corrected chi connectivity index (χ4v) is 1.36. The number of nitrogens with one attached hydrogen (secondary N) is 1. The predicted octanol–water partition coefficient (Wildman–Crippen LogP) is 1.62. The maximum absolute atomic E-state index is 11.5. The smallest absolute Gasteiger partial charge is 0.343 e. The van der Waals surface area contributed by atoms with E-state index in [0.717, 1.165) is 0 Å². The van der Waals surface area contributed by atoms with Crippen LogP contribution in [0.25, 0.3) is 0 Å². The Hall–Kier alpha value is -1.10. The van der Waals surface area contributed by atoms with Gasteiger partial charge in [-0.05, 0) is 29.8 Å². The molecule has 1 aromatic heterocycles. The molecule has 76 valence electrons. The molecule has 0 aromatic carbocycles. The van der Waals surface area contributed by atoms with Crippen LogP contribution in [-0.2, 0) is 4.74 Å². The first-order chi connectivity index (χ1) is 6.57. The first-order valence-electron chi connectivity index (χ1n) is 4.12. The molecule has 0 aliphatic heterocycles. The Morgan fingerprint density at radius 1 is 1.64 bits per heavy atom. The van der Waals surface area contributed by atoms with Crippen LogP contribution in [0.4, 0.5) is 0 Å². The highest BCUT2D eigenvalue weighted by Crippen LogP contribution is 2.07. The topological polar surface area (TPSA) is 59.2 Å². The molecule has 0 amide bonds. The predicted molar refractivity (Wildman–Crippen MR) is 55.5 cm³/mol. The van der Waals surface area contributed by atoms with Gasteiger partial charge in [-0.25, -0.2) is 4.79 Å². The lowest BCUT2D eigenvalue weighted by atomic mass is 10.2. The maximum Gasteiger partial charge on any atom is 0.343 e. The summed E-state index contributed by atoms with van der Waals surface area (Å²) in [4.78, 5) is 25.7. The summed E-state index contributed by atoms with van der Waals surface area (Å²) in [5.74, 6) is -0.590. The lowest BCUT2D eigenvalue weighted by molar-refractivity contribution is 0.0523. The summed E-state index contributed by atoms with van der Waals surface area (Å²) in [6, 6.07) is 0. The molecule has 0 aliphatic rings. The van der Waals surface area contributed by atoms with E-state index in [2.05, 4.69) is 20.9 Å². The Labute approximate surface area is 89.4 Å². The highest BCUT2D eigenvalue weighted by atomic mass is 79.9. The van der Waals surface area contributed by atoms with Crippen molar-refractivity contribution in [2.24, 2.45) is 0 Å². The largest absolute Gasteiger partial charge is 0.462 e. The van der Waals surface area contributed by atoms with E-state index in [1.165, 1.54) is 6.20 Å². The molecule has 0 radical (unpaired) electrons. The van der Waals surface area contributed by atoms with Gasteiger partial charge in [0, 0.05) is 11.9 Å². The van der Waals surface area contributed by atoms with Crippen molar-refractivity contribution in [2.45, 2.75) is 13.8 Å². The van der Waals surface area contributed by atoms with Crippen molar-refractivity contribution < 1.29 is 9.53 Å². The third-order valence-corrected chi connectivity index (χ3v) is 2.30. The molecule has 1 heterocycles. The molecule has 1 rings (SSSR count). The summed E-state index contributed by atoms with van der Waals surface area (Å²) < 4.78 is 5.09. The molecule has 4 nitrogen and oxygen atoms in total. The van der Waals surface area contributed by atoms with E-state index >= 15 is 0 Å². The number of halogens is 1. The zero-order valence-electron chi connectivity index (χ0n) is 7.89. The van der Waals surface area contributed by atoms with Gasteiger partial charge in [-0.1, -0.05) is 0 Å². The van der Waals surface area contributed by atoms with Gasteiger partial charge >= 0.3 is 5.97 Å². The van der Waals surface area contributed by atoms with Crippen LogP contribution >= 0.6 is 15.9 Å². The van der Waals surface area contributed by atoms with Crippen molar-refractivity contribution in [2.75, 3.05) is 6.61 Å². The van der Waals surface area contributed by atoms with Crippen molar-refractivity contribution >= 4 is 21.9 Å². The lowest BCUT2D eigenvalue weighted by Gasteiger charge is -2.04. The van der Waals surface area contributed by atoms with E-state index in [4.69, 9.17) is 4.74 Å². The molecular weight excluding hydrogens is 250 g/mol. The van der Waals surface area contributed by atoms with Gasteiger partial charge in [0.15, 0.2) is 0 Å². The van der Waals surface area contributed by atoms with E-state index in [-0.39, 0.29) is 17.6 Å². The standard InChI is InChI=1S/C9H10BrNO3/c1-3-14-9(13)7-5(2)11-4-6(10)8(7)12/h4H,3H2,1-2H3,(H,11,12). The van der Waals surface area contributed by atoms with E-state index in [1.54, 1.807) is 13.8 Å². The van der Waals surface area contributed by atoms with Gasteiger partial charge in [-0.15, -0.1) is 0 Å². The Kier molecular flexibility index (Phi) is 3.46. The number of aromatic nitrogens is 1. The molecular formula is C9H10BrNO3. The summed E-state index contributed by atoms with van der Waals surface area (Å²) in [7, 11) is 0. The van der Waals surface area contributed by atoms with Crippen molar-refractivity contribution in [1.29, 1.82) is 0 Å². The van der Waals surface area contributed by atoms with Gasteiger partial charge in [0.05, 0.1) is 11.1 Å². The Bertz CT molecular complexity index is 411. The highest BCUT2D eigenvalue weighted by molar-refractivity contribution is 9.10. The Balaban J connectivity index is 3.26. The first-order valence-corrected chi connectivity index (χ1v) is 4.92. The number of hydrogen-bond donors (Lipinski definition) is 1. The summed E-state index contributed by atoms with van der Waals surface area (Å²) in [6.45, 7) is 3.60. The number of rotatable bonds is 2. The van der Waals surface area contributed by atoms with Crippen LogP contribution < -0.4 is 5.43 Å². The Morgan fingerprint density at radius 2 is 2.29 bits per heavy atom. The number of aryl methyl sites for hydroxylation is 1. The van der Waals surface area contributed by atoms with Gasteiger partial charge in [-0.3, -0.25) is 4.79 Å². The SMILES string of the molecule is CCOC(=O)c1c(C)[nH]cc(Br)c1=O. The second-order valence-corrected chi connectivity index (χ2v) is 3.54. The zero-order chi connectivity index (χ0) is 10.7. The van der Waals surface area contributed by atoms with Crippen molar-refractivity contribution in [3.63, 3.8) is 0 Å². The number of pyridine rings is 1. The van der Waals surface area contributed by atoms with Gasteiger partial charge in [0.1, 0.15) is 5.56 Å². The normalized spacial score (nSPS) is 9.93. The van der Waals surface area contributed by atoms with Gasteiger partial charge < -0.3 is 9.72 Å². The van der Waals surface area contributed by atoms with Gasteiger partial charge in [0.25, 0.3) is 0 Å². The molecule has 0 spiro atoms. The molecule has 5 heteroatoms. The number of carbonyl (C=O) groups excluding carboxylic acids is 1. The second-order valence-electron chi connectivity index (χ2n) is 2.69. The number of hydrogen-bond acceptors (Lipinski definition) is 3. The lowest BCUT2D eigenvalue weighted by Crippen LogP contribution is -2.20. The molecule has 0 atom stereocenters. The molecule has 1 aromatic rings. The molecule has 0 saturated carbocycles. The number of aromatic amines is 1. The quantitative estimate of drug-likeness (QED) is 0.822. The fraction of sp³-hybridized carbons (Fsp3) is 0.333. The minimum atomic E-state index is -0.590. The zero-order valence-corrected chi connectivity index (χ0v) is 9.47. The molecule has 14 heavy (non-hydrogen) atoms. The van der Waals surface area contributed by atoms with Crippen LogP contribution in [0.1, 0.15) is 23.0 Å². The minimum absolute atomic E-state index is 0.0567. The highest BCUT2D eigenvalue weighted by Gasteiger charge is 2.16. The molecule has 1 N–H and O–H groups in total. The van der Waals surface area contributed by atoms with Crippen molar-refractivity contribution in [3.8, 4) is 0 Å². The van der Waals surface area contributed by atoms with Crippen molar-refractivity contribution in [3.05, 3.63) is 32.2 Å². The van der Waals surface area contributed by atoms with Crippen LogP contribution in [0, 0.1) is 6.92 Å². The molecule has 0 unspecified atom stereocenters. The summed E-state index contributed by atoms with van der Waals surface area (Å²) in [6.07, 6.45) is 1.50.